The number of rotatable bonds is 5. The van der Waals surface area contributed by atoms with E-state index in [-0.39, 0.29) is 42.7 Å². The molecule has 0 saturated carbocycles. The Morgan fingerprint density at radius 2 is 1.83 bits per heavy atom. The highest BCUT2D eigenvalue weighted by Gasteiger charge is 2.41. The van der Waals surface area contributed by atoms with Gasteiger partial charge in [-0.3, -0.25) is 14.4 Å². The van der Waals surface area contributed by atoms with Crippen LogP contribution in [0.25, 0.3) is 0 Å². The molecule has 2 amide bonds. The summed E-state index contributed by atoms with van der Waals surface area (Å²) in [6.45, 7) is 7.44. The molecule has 0 radical (unpaired) electrons. The lowest BCUT2D eigenvalue weighted by Crippen LogP contribution is -2.48. The molecule has 3 unspecified atom stereocenters. The molecule has 0 aromatic heterocycles. The van der Waals surface area contributed by atoms with Crippen molar-refractivity contribution in [1.82, 2.24) is 9.80 Å². The lowest BCUT2D eigenvalue weighted by Gasteiger charge is -2.36. The average molecular weight is 324 g/mol. The molecule has 3 atom stereocenters. The quantitative estimate of drug-likeness (QED) is 0.833. The van der Waals surface area contributed by atoms with Gasteiger partial charge in [0.1, 0.15) is 0 Å². The van der Waals surface area contributed by atoms with E-state index in [9.17, 15) is 19.5 Å². The summed E-state index contributed by atoms with van der Waals surface area (Å²) in [4.78, 5) is 39.8. The molecule has 1 N–H and O–H groups in total. The normalized spacial score (nSPS) is 28.5. The van der Waals surface area contributed by atoms with Crippen LogP contribution in [-0.4, -0.2) is 58.4 Å². The molecule has 23 heavy (non-hydrogen) atoms. The van der Waals surface area contributed by atoms with Crippen LogP contribution in [-0.2, 0) is 14.4 Å². The third kappa shape index (κ3) is 3.85. The largest absolute Gasteiger partial charge is 0.481 e. The number of nitrogens with zero attached hydrogens (tertiary/aromatic N) is 2. The third-order valence-corrected chi connectivity index (χ3v) is 5.21. The Bertz CT molecular complexity index is 475. The van der Waals surface area contributed by atoms with E-state index in [1.54, 1.807) is 4.90 Å². The van der Waals surface area contributed by atoms with Gasteiger partial charge in [-0.05, 0) is 25.2 Å². The summed E-state index contributed by atoms with van der Waals surface area (Å²) in [5.41, 5.74) is 0. The van der Waals surface area contributed by atoms with Gasteiger partial charge in [-0.15, -0.1) is 0 Å². The topological polar surface area (TPSA) is 77.9 Å². The van der Waals surface area contributed by atoms with Crippen LogP contribution in [0.5, 0.6) is 0 Å². The molecule has 2 saturated heterocycles. The van der Waals surface area contributed by atoms with Crippen molar-refractivity contribution in [3.05, 3.63) is 0 Å². The van der Waals surface area contributed by atoms with Gasteiger partial charge in [-0.1, -0.05) is 20.8 Å². The molecule has 2 rings (SSSR count). The van der Waals surface area contributed by atoms with E-state index < -0.39 is 11.9 Å². The zero-order chi connectivity index (χ0) is 17.1. The summed E-state index contributed by atoms with van der Waals surface area (Å²) in [5, 5.41) is 9.24. The molecular weight excluding hydrogens is 296 g/mol. The van der Waals surface area contributed by atoms with Crippen LogP contribution < -0.4 is 0 Å². The zero-order valence-electron chi connectivity index (χ0n) is 14.3. The summed E-state index contributed by atoms with van der Waals surface area (Å²) < 4.78 is 0. The van der Waals surface area contributed by atoms with Gasteiger partial charge in [0.2, 0.25) is 11.8 Å². The van der Waals surface area contributed by atoms with E-state index in [0.717, 1.165) is 12.8 Å². The van der Waals surface area contributed by atoms with Gasteiger partial charge in [-0.25, -0.2) is 0 Å². The number of piperidine rings is 1. The lowest BCUT2D eigenvalue weighted by atomic mass is 9.89. The fourth-order valence-corrected chi connectivity index (χ4v) is 3.95. The molecule has 0 spiro atoms. The summed E-state index contributed by atoms with van der Waals surface area (Å²) in [6, 6.07) is 0.201. The molecule has 6 nitrogen and oxygen atoms in total. The van der Waals surface area contributed by atoms with Crippen LogP contribution >= 0.6 is 0 Å². The minimum atomic E-state index is -0.837. The second-order valence-electron chi connectivity index (χ2n) is 7.04. The second-order valence-corrected chi connectivity index (χ2v) is 7.04. The Kier molecular flexibility index (Phi) is 5.65. The number of carbonyl (C=O) groups is 3. The van der Waals surface area contributed by atoms with E-state index in [4.69, 9.17) is 0 Å². The number of carbonyl (C=O) groups excluding carboxylic acids is 2. The lowest BCUT2D eigenvalue weighted by molar-refractivity contribution is -0.148. The van der Waals surface area contributed by atoms with Crippen LogP contribution in [0, 0.1) is 17.8 Å². The van der Waals surface area contributed by atoms with Crippen molar-refractivity contribution < 1.29 is 19.5 Å². The number of carboxylic acid groups (broad SMARTS) is 1. The first kappa shape index (κ1) is 17.8. The number of aliphatic carboxylic acids is 1. The van der Waals surface area contributed by atoms with E-state index >= 15 is 0 Å². The second kappa shape index (κ2) is 7.32. The molecule has 6 heteroatoms. The van der Waals surface area contributed by atoms with Crippen LogP contribution in [0.3, 0.4) is 0 Å². The standard InChI is InChI=1S/C17H28N2O4/c1-4-14(5-2)19-10-12(7-15(19)20)16(21)18-8-11(3)6-13(9-18)17(22)23/h11-14H,4-10H2,1-3H3,(H,22,23). The first-order valence-electron chi connectivity index (χ1n) is 8.68. The maximum absolute atomic E-state index is 12.8. The van der Waals surface area contributed by atoms with E-state index in [1.165, 1.54) is 0 Å². The summed E-state index contributed by atoms with van der Waals surface area (Å²) in [7, 11) is 0. The van der Waals surface area contributed by atoms with E-state index in [0.29, 0.717) is 19.5 Å². The van der Waals surface area contributed by atoms with Gasteiger partial charge < -0.3 is 14.9 Å². The van der Waals surface area contributed by atoms with Crippen molar-refractivity contribution in [3.63, 3.8) is 0 Å². The van der Waals surface area contributed by atoms with Crippen LogP contribution in [0.4, 0.5) is 0 Å². The van der Waals surface area contributed by atoms with Gasteiger partial charge in [0.25, 0.3) is 0 Å². The van der Waals surface area contributed by atoms with E-state index in [1.807, 2.05) is 11.8 Å². The Balaban J connectivity index is 2.03. The van der Waals surface area contributed by atoms with Gasteiger partial charge in [0, 0.05) is 32.1 Å². The molecule has 0 aromatic carbocycles. The van der Waals surface area contributed by atoms with Crippen molar-refractivity contribution >= 4 is 17.8 Å². The fraction of sp³-hybridized carbons (Fsp3) is 0.824. The molecule has 2 fully saturated rings. The van der Waals surface area contributed by atoms with E-state index in [2.05, 4.69) is 13.8 Å². The van der Waals surface area contributed by atoms with Crippen LogP contribution in [0.2, 0.25) is 0 Å². The molecule has 2 heterocycles. The number of hydrogen-bond acceptors (Lipinski definition) is 3. The van der Waals surface area contributed by atoms with Crippen molar-refractivity contribution in [2.24, 2.45) is 17.8 Å². The number of likely N-dealkylation sites (tertiary alicyclic amines) is 2. The molecule has 2 aliphatic heterocycles. The van der Waals surface area contributed by atoms with Crippen molar-refractivity contribution in [3.8, 4) is 0 Å². The Hall–Kier alpha value is -1.59. The number of carboxylic acids is 1. The van der Waals surface area contributed by atoms with Crippen molar-refractivity contribution in [2.75, 3.05) is 19.6 Å². The van der Waals surface area contributed by atoms with Crippen molar-refractivity contribution in [2.45, 2.75) is 52.5 Å². The predicted molar refractivity (Wildman–Crippen MR) is 85.7 cm³/mol. The molecular formula is C17H28N2O4. The Morgan fingerprint density at radius 1 is 1.17 bits per heavy atom. The molecule has 130 valence electrons. The van der Waals surface area contributed by atoms with Crippen molar-refractivity contribution in [1.29, 1.82) is 0 Å². The third-order valence-electron chi connectivity index (χ3n) is 5.21. The SMILES string of the molecule is CCC(CC)N1CC(C(=O)N2CC(C)CC(C(=O)O)C2)CC1=O. The number of hydrogen-bond donors (Lipinski definition) is 1. The summed E-state index contributed by atoms with van der Waals surface area (Å²) >= 11 is 0. The average Bonchev–Trinajstić information content (AvgIpc) is 2.89. The Labute approximate surface area is 137 Å². The highest BCUT2D eigenvalue weighted by Crippen LogP contribution is 2.28. The smallest absolute Gasteiger partial charge is 0.308 e. The highest BCUT2D eigenvalue weighted by atomic mass is 16.4. The highest BCUT2D eigenvalue weighted by molar-refractivity contribution is 5.89. The van der Waals surface area contributed by atoms with Gasteiger partial charge in [0.05, 0.1) is 11.8 Å². The minimum absolute atomic E-state index is 0.0513. The van der Waals surface area contributed by atoms with Crippen LogP contribution in [0.1, 0.15) is 46.5 Å². The molecule has 0 aromatic rings. The zero-order valence-corrected chi connectivity index (χ0v) is 14.3. The van der Waals surface area contributed by atoms with Gasteiger partial charge >= 0.3 is 5.97 Å². The first-order chi connectivity index (χ1) is 10.9. The molecule has 0 aliphatic carbocycles. The first-order valence-corrected chi connectivity index (χ1v) is 8.68. The summed E-state index contributed by atoms with van der Waals surface area (Å²) in [5.74, 6) is -1.46. The maximum Gasteiger partial charge on any atom is 0.308 e. The number of amides is 2. The minimum Gasteiger partial charge on any atom is -0.481 e. The van der Waals surface area contributed by atoms with Gasteiger partial charge in [0.15, 0.2) is 0 Å². The predicted octanol–water partition coefficient (Wildman–Crippen LogP) is 1.59. The fourth-order valence-electron chi connectivity index (χ4n) is 3.95. The Morgan fingerprint density at radius 3 is 2.39 bits per heavy atom. The van der Waals surface area contributed by atoms with Crippen LogP contribution in [0.15, 0.2) is 0 Å². The maximum atomic E-state index is 12.8. The molecule has 0 bridgehead atoms. The monoisotopic (exact) mass is 324 g/mol. The van der Waals surface area contributed by atoms with Gasteiger partial charge in [-0.2, -0.15) is 0 Å². The summed E-state index contributed by atoms with van der Waals surface area (Å²) in [6.07, 6.45) is 2.66. The molecule has 2 aliphatic rings.